The Hall–Kier alpha value is -0.700. The van der Waals surface area contributed by atoms with E-state index in [1.807, 2.05) is 6.92 Å². The molecule has 0 aromatic rings. The maximum absolute atomic E-state index is 16.0. The predicted octanol–water partition coefficient (Wildman–Crippen LogP) is 4.07. The van der Waals surface area contributed by atoms with Gasteiger partial charge in [-0.2, -0.15) is 0 Å². The number of rotatable bonds is 1. The lowest BCUT2D eigenvalue weighted by atomic mass is 9.46. The molecule has 0 aromatic carbocycles. The number of hydrogen-bond donors (Lipinski definition) is 1. The molecule has 3 heteroatoms. The van der Waals surface area contributed by atoms with Crippen molar-refractivity contribution in [2.75, 3.05) is 6.61 Å². The van der Waals surface area contributed by atoms with Crippen LogP contribution in [-0.2, 0) is 4.79 Å². The third-order valence-corrected chi connectivity index (χ3v) is 9.13. The average molecular weight is 332 g/mol. The van der Waals surface area contributed by atoms with E-state index >= 15 is 4.39 Å². The lowest BCUT2D eigenvalue weighted by Gasteiger charge is -2.59. The molecule has 0 saturated heterocycles. The second kappa shape index (κ2) is 4.52. The SMILES string of the molecule is CC1(F)CC2=CC(=O)CC[C@@H]2[C@H]2CC[C@]3(C)C(CO)CC4C[C@@]43[C@@H]21. The number of carbonyl (C=O) groups excluding carboxylic acids is 1. The zero-order chi connectivity index (χ0) is 16.9. The predicted molar refractivity (Wildman–Crippen MR) is 90.0 cm³/mol. The first-order valence-electron chi connectivity index (χ1n) is 9.86. The van der Waals surface area contributed by atoms with Crippen molar-refractivity contribution in [3.63, 3.8) is 0 Å². The van der Waals surface area contributed by atoms with Crippen LogP contribution in [0.2, 0.25) is 0 Å². The van der Waals surface area contributed by atoms with E-state index in [1.165, 1.54) is 6.42 Å². The van der Waals surface area contributed by atoms with Gasteiger partial charge in [0.25, 0.3) is 0 Å². The molecule has 4 fully saturated rings. The molecule has 24 heavy (non-hydrogen) atoms. The molecule has 0 aliphatic heterocycles. The minimum absolute atomic E-state index is 0.118. The number of aliphatic hydroxyl groups is 1. The fourth-order valence-electron chi connectivity index (χ4n) is 8.26. The van der Waals surface area contributed by atoms with E-state index in [1.54, 1.807) is 6.08 Å². The van der Waals surface area contributed by atoms with E-state index in [4.69, 9.17) is 0 Å². The van der Waals surface area contributed by atoms with Gasteiger partial charge in [-0.25, -0.2) is 4.39 Å². The highest BCUT2D eigenvalue weighted by Gasteiger charge is 2.79. The molecule has 1 spiro atoms. The first kappa shape index (κ1) is 15.5. The summed E-state index contributed by atoms with van der Waals surface area (Å²) in [5.41, 5.74) is 0.143. The molecule has 0 amide bonds. The van der Waals surface area contributed by atoms with Gasteiger partial charge in [0.1, 0.15) is 5.67 Å². The topological polar surface area (TPSA) is 37.3 Å². The van der Waals surface area contributed by atoms with Gasteiger partial charge in [0.2, 0.25) is 0 Å². The van der Waals surface area contributed by atoms with Crippen LogP contribution in [0.25, 0.3) is 0 Å². The second-order valence-electron chi connectivity index (χ2n) is 9.94. The summed E-state index contributed by atoms with van der Waals surface area (Å²) in [6.07, 6.45) is 8.29. The van der Waals surface area contributed by atoms with Crippen molar-refractivity contribution in [1.29, 1.82) is 0 Å². The van der Waals surface area contributed by atoms with E-state index in [0.717, 1.165) is 31.3 Å². The van der Waals surface area contributed by atoms with Gasteiger partial charge >= 0.3 is 0 Å². The molecule has 0 bridgehead atoms. The Morgan fingerprint density at radius 1 is 1.33 bits per heavy atom. The number of fused-ring (bicyclic) bond motifs is 3. The molecular formula is C21H29FO2. The summed E-state index contributed by atoms with van der Waals surface area (Å²) in [6, 6.07) is 0. The van der Waals surface area contributed by atoms with Crippen LogP contribution >= 0.6 is 0 Å². The smallest absolute Gasteiger partial charge is 0.155 e. The highest BCUT2D eigenvalue weighted by molar-refractivity contribution is 5.91. The summed E-state index contributed by atoms with van der Waals surface area (Å²) >= 11 is 0. The molecule has 0 radical (unpaired) electrons. The zero-order valence-corrected chi connectivity index (χ0v) is 14.9. The Kier molecular flexibility index (Phi) is 2.93. The third kappa shape index (κ3) is 1.63. The van der Waals surface area contributed by atoms with Gasteiger partial charge in [0.15, 0.2) is 5.78 Å². The monoisotopic (exact) mass is 332 g/mol. The van der Waals surface area contributed by atoms with Crippen molar-refractivity contribution in [3.05, 3.63) is 11.6 Å². The number of aliphatic hydroxyl groups excluding tert-OH is 1. The molecule has 1 N–H and O–H groups in total. The van der Waals surface area contributed by atoms with Gasteiger partial charge < -0.3 is 5.11 Å². The van der Waals surface area contributed by atoms with E-state index in [9.17, 15) is 9.90 Å². The van der Waals surface area contributed by atoms with Gasteiger partial charge in [-0.05, 0) is 79.6 Å². The summed E-state index contributed by atoms with van der Waals surface area (Å²) in [6.45, 7) is 4.42. The standard InChI is InChI=1S/C21H29FO2/c1-19-6-5-17-16-4-3-15(24)7-12(16)9-20(2,22)18(17)21(19)10-13(21)8-14(19)11-23/h7,13-14,16-18,23H,3-6,8-11H2,1-2H3/t13?,14?,16-,17+,18-,19+,20?,21-/m0/s1. The van der Waals surface area contributed by atoms with E-state index in [0.29, 0.717) is 36.5 Å². The number of hydrogen-bond acceptors (Lipinski definition) is 2. The van der Waals surface area contributed by atoms with E-state index in [-0.39, 0.29) is 29.1 Å². The number of carbonyl (C=O) groups is 1. The largest absolute Gasteiger partial charge is 0.396 e. The maximum atomic E-state index is 16.0. The average Bonchev–Trinajstić information content (AvgIpc) is 3.16. The second-order valence-corrected chi connectivity index (χ2v) is 9.94. The zero-order valence-electron chi connectivity index (χ0n) is 14.9. The van der Waals surface area contributed by atoms with Crippen LogP contribution in [0.15, 0.2) is 11.6 Å². The molecule has 2 nitrogen and oxygen atoms in total. The van der Waals surface area contributed by atoms with Crippen molar-refractivity contribution in [2.45, 2.75) is 64.5 Å². The first-order valence-corrected chi connectivity index (χ1v) is 9.86. The summed E-state index contributed by atoms with van der Waals surface area (Å²) in [4.78, 5) is 11.8. The van der Waals surface area contributed by atoms with Crippen molar-refractivity contribution < 1.29 is 14.3 Å². The number of alkyl halides is 1. The summed E-state index contributed by atoms with van der Waals surface area (Å²) in [5.74, 6) is 2.14. The van der Waals surface area contributed by atoms with Gasteiger partial charge in [-0.15, -0.1) is 0 Å². The van der Waals surface area contributed by atoms with Gasteiger partial charge in [-0.3, -0.25) is 4.79 Å². The number of allylic oxidation sites excluding steroid dienone is 1. The Balaban J connectivity index is 1.59. The molecule has 132 valence electrons. The van der Waals surface area contributed by atoms with Crippen molar-refractivity contribution >= 4 is 5.78 Å². The fraction of sp³-hybridized carbons (Fsp3) is 0.857. The van der Waals surface area contributed by atoms with Gasteiger partial charge in [-0.1, -0.05) is 12.5 Å². The fourth-order valence-corrected chi connectivity index (χ4v) is 8.26. The number of halogens is 1. The van der Waals surface area contributed by atoms with Crippen molar-refractivity contribution in [3.8, 4) is 0 Å². The highest BCUT2D eigenvalue weighted by Crippen LogP contribution is 2.84. The normalized spacial score (nSPS) is 58.2. The molecule has 0 aromatic heterocycles. The third-order valence-electron chi connectivity index (χ3n) is 9.13. The molecule has 0 heterocycles. The van der Waals surface area contributed by atoms with Gasteiger partial charge in [0.05, 0.1) is 0 Å². The van der Waals surface area contributed by atoms with Crippen LogP contribution in [0.1, 0.15) is 58.8 Å². The van der Waals surface area contributed by atoms with E-state index < -0.39 is 5.67 Å². The molecular weight excluding hydrogens is 303 g/mol. The minimum Gasteiger partial charge on any atom is -0.396 e. The molecule has 4 saturated carbocycles. The van der Waals surface area contributed by atoms with Crippen LogP contribution < -0.4 is 0 Å². The minimum atomic E-state index is -1.20. The quantitative estimate of drug-likeness (QED) is 0.786. The lowest BCUT2D eigenvalue weighted by Crippen LogP contribution is -2.57. The maximum Gasteiger partial charge on any atom is 0.155 e. The van der Waals surface area contributed by atoms with Gasteiger partial charge in [0, 0.05) is 25.4 Å². The molecule has 5 aliphatic rings. The first-order chi connectivity index (χ1) is 11.3. The Bertz CT molecular complexity index is 638. The Morgan fingerprint density at radius 3 is 2.88 bits per heavy atom. The van der Waals surface area contributed by atoms with Crippen LogP contribution in [0, 0.1) is 40.4 Å². The van der Waals surface area contributed by atoms with Crippen LogP contribution in [0.5, 0.6) is 0 Å². The van der Waals surface area contributed by atoms with Crippen molar-refractivity contribution in [2.24, 2.45) is 40.4 Å². The van der Waals surface area contributed by atoms with Crippen molar-refractivity contribution in [1.82, 2.24) is 0 Å². The van der Waals surface area contributed by atoms with Crippen LogP contribution in [0.4, 0.5) is 4.39 Å². The summed E-state index contributed by atoms with van der Waals surface area (Å²) < 4.78 is 16.0. The molecule has 3 unspecified atom stereocenters. The Morgan fingerprint density at radius 2 is 2.12 bits per heavy atom. The lowest BCUT2D eigenvalue weighted by molar-refractivity contribution is -0.131. The molecule has 8 atom stereocenters. The molecule has 5 rings (SSSR count). The summed E-state index contributed by atoms with van der Waals surface area (Å²) in [7, 11) is 0. The van der Waals surface area contributed by atoms with E-state index in [2.05, 4.69) is 6.92 Å². The van der Waals surface area contributed by atoms with Crippen LogP contribution in [-0.4, -0.2) is 23.2 Å². The number of ketones is 1. The molecule has 5 aliphatic carbocycles. The Labute approximate surface area is 143 Å². The van der Waals surface area contributed by atoms with Crippen LogP contribution in [0.3, 0.4) is 0 Å². The summed E-state index contributed by atoms with van der Waals surface area (Å²) in [5, 5.41) is 9.91. The highest BCUT2D eigenvalue weighted by atomic mass is 19.1.